The molecule has 0 aliphatic heterocycles. The molecule has 0 amide bonds. The first kappa shape index (κ1) is 17.5. The quantitative estimate of drug-likeness (QED) is 0.530. The molecule has 1 aromatic rings. The fourth-order valence-electron chi connectivity index (χ4n) is 2.13. The number of carbonyl (C=O) groups excluding carboxylic acids is 1. The van der Waals surface area contributed by atoms with Crippen molar-refractivity contribution in [1.82, 2.24) is 5.32 Å². The number of benzene rings is 1. The van der Waals surface area contributed by atoms with Crippen LogP contribution in [0.15, 0.2) is 24.3 Å². The van der Waals surface area contributed by atoms with E-state index in [1.807, 2.05) is 19.1 Å². The lowest BCUT2D eigenvalue weighted by Gasteiger charge is -2.14. The van der Waals surface area contributed by atoms with E-state index >= 15 is 0 Å². The molecule has 0 heterocycles. The summed E-state index contributed by atoms with van der Waals surface area (Å²) in [5.41, 5.74) is 1.25. The van der Waals surface area contributed by atoms with Crippen LogP contribution in [0.25, 0.3) is 0 Å². The Kier molecular flexibility index (Phi) is 8.51. The largest absolute Gasteiger partial charge is 0.497 e. The Bertz CT molecular complexity index is 403. The Hall–Kier alpha value is -1.55. The van der Waals surface area contributed by atoms with Gasteiger partial charge in [-0.15, -0.1) is 0 Å². The molecule has 1 N–H and O–H groups in total. The van der Waals surface area contributed by atoms with Crippen LogP contribution in [0.2, 0.25) is 0 Å². The van der Waals surface area contributed by atoms with E-state index in [0.717, 1.165) is 31.6 Å². The summed E-state index contributed by atoms with van der Waals surface area (Å²) < 4.78 is 10.1. The van der Waals surface area contributed by atoms with Crippen LogP contribution in [-0.2, 0) is 9.53 Å². The number of carbonyl (C=O) groups is 1. The predicted molar refractivity (Wildman–Crippen MR) is 84.5 cm³/mol. The number of hydrogen-bond acceptors (Lipinski definition) is 4. The molecule has 1 aromatic carbocycles. The molecule has 21 heavy (non-hydrogen) atoms. The van der Waals surface area contributed by atoms with Crippen molar-refractivity contribution in [2.45, 2.75) is 45.6 Å². The van der Waals surface area contributed by atoms with Gasteiger partial charge >= 0.3 is 5.97 Å². The highest BCUT2D eigenvalue weighted by Crippen LogP contribution is 2.17. The van der Waals surface area contributed by atoms with Crippen molar-refractivity contribution in [1.29, 1.82) is 0 Å². The lowest BCUT2D eigenvalue weighted by molar-refractivity contribution is -0.143. The zero-order valence-electron chi connectivity index (χ0n) is 13.4. The minimum Gasteiger partial charge on any atom is -0.497 e. The van der Waals surface area contributed by atoms with Crippen molar-refractivity contribution in [3.8, 4) is 5.75 Å². The van der Waals surface area contributed by atoms with Crippen LogP contribution in [0.1, 0.15) is 51.1 Å². The molecule has 0 bridgehead atoms. The number of methoxy groups -OCH3 is 1. The van der Waals surface area contributed by atoms with Gasteiger partial charge in [-0.3, -0.25) is 4.79 Å². The summed E-state index contributed by atoms with van der Waals surface area (Å²) in [7, 11) is 1.67. The molecule has 0 aliphatic carbocycles. The first-order valence-corrected chi connectivity index (χ1v) is 7.70. The minimum atomic E-state index is -0.0861. The van der Waals surface area contributed by atoms with Crippen molar-refractivity contribution < 1.29 is 14.3 Å². The Morgan fingerprint density at radius 3 is 2.52 bits per heavy atom. The molecule has 4 heteroatoms. The van der Waals surface area contributed by atoms with E-state index in [1.54, 1.807) is 7.11 Å². The Balaban J connectivity index is 2.12. The van der Waals surface area contributed by atoms with E-state index in [4.69, 9.17) is 9.47 Å². The van der Waals surface area contributed by atoms with Crippen LogP contribution in [0.4, 0.5) is 0 Å². The summed E-state index contributed by atoms with van der Waals surface area (Å²) in [6, 6.07) is 8.44. The SMILES string of the molecule is CCOC(=O)CCCCCN[C@@H](C)c1ccc(OC)cc1. The van der Waals surface area contributed by atoms with Gasteiger partial charge in [-0.1, -0.05) is 18.6 Å². The number of rotatable bonds is 10. The molecule has 1 rings (SSSR count). The van der Waals surface area contributed by atoms with Crippen LogP contribution >= 0.6 is 0 Å². The molecule has 0 saturated carbocycles. The van der Waals surface area contributed by atoms with Gasteiger partial charge in [0, 0.05) is 12.5 Å². The second-order valence-corrected chi connectivity index (χ2v) is 5.06. The highest BCUT2D eigenvalue weighted by molar-refractivity contribution is 5.69. The van der Waals surface area contributed by atoms with E-state index < -0.39 is 0 Å². The molecule has 0 fully saturated rings. The van der Waals surface area contributed by atoms with E-state index in [2.05, 4.69) is 24.4 Å². The number of ether oxygens (including phenoxy) is 2. The molecule has 4 nitrogen and oxygen atoms in total. The minimum absolute atomic E-state index is 0.0861. The highest BCUT2D eigenvalue weighted by atomic mass is 16.5. The standard InChI is InChI=1S/C17H27NO3/c1-4-21-17(19)8-6-5-7-13-18-14(2)15-9-11-16(20-3)12-10-15/h9-12,14,18H,4-8,13H2,1-3H3/t14-/m0/s1. The molecular weight excluding hydrogens is 266 g/mol. The average molecular weight is 293 g/mol. The van der Waals surface area contributed by atoms with Crippen LogP contribution < -0.4 is 10.1 Å². The number of esters is 1. The Labute approximate surface area is 127 Å². The van der Waals surface area contributed by atoms with E-state index in [0.29, 0.717) is 19.1 Å². The van der Waals surface area contributed by atoms with E-state index in [9.17, 15) is 4.79 Å². The third-order valence-electron chi connectivity index (χ3n) is 3.43. The predicted octanol–water partition coefficient (Wildman–Crippen LogP) is 3.47. The zero-order valence-corrected chi connectivity index (χ0v) is 13.4. The Morgan fingerprint density at radius 2 is 1.90 bits per heavy atom. The fraction of sp³-hybridized carbons (Fsp3) is 0.588. The van der Waals surface area contributed by atoms with Crippen molar-refractivity contribution in [2.24, 2.45) is 0 Å². The number of nitrogens with one attached hydrogen (secondary N) is 1. The van der Waals surface area contributed by atoms with Gasteiger partial charge in [-0.25, -0.2) is 0 Å². The van der Waals surface area contributed by atoms with Gasteiger partial charge in [0.1, 0.15) is 5.75 Å². The van der Waals surface area contributed by atoms with Crippen LogP contribution in [0, 0.1) is 0 Å². The number of unbranched alkanes of at least 4 members (excludes halogenated alkanes) is 2. The van der Waals surface area contributed by atoms with Gasteiger partial charge in [0.2, 0.25) is 0 Å². The molecule has 0 aliphatic rings. The van der Waals surface area contributed by atoms with Crippen molar-refractivity contribution >= 4 is 5.97 Å². The van der Waals surface area contributed by atoms with Crippen molar-refractivity contribution in [3.63, 3.8) is 0 Å². The molecule has 0 radical (unpaired) electrons. The van der Waals surface area contributed by atoms with Crippen molar-refractivity contribution in [3.05, 3.63) is 29.8 Å². The first-order chi connectivity index (χ1) is 10.2. The molecule has 0 unspecified atom stereocenters. The monoisotopic (exact) mass is 293 g/mol. The van der Waals surface area contributed by atoms with Crippen LogP contribution in [0.3, 0.4) is 0 Å². The lowest BCUT2D eigenvalue weighted by Crippen LogP contribution is -2.19. The smallest absolute Gasteiger partial charge is 0.305 e. The first-order valence-electron chi connectivity index (χ1n) is 7.70. The fourth-order valence-corrected chi connectivity index (χ4v) is 2.13. The summed E-state index contributed by atoms with van der Waals surface area (Å²) in [6.07, 6.45) is 3.54. The summed E-state index contributed by atoms with van der Waals surface area (Å²) in [5.74, 6) is 0.793. The molecule has 0 spiro atoms. The third-order valence-corrected chi connectivity index (χ3v) is 3.43. The van der Waals surface area contributed by atoms with Crippen LogP contribution in [-0.4, -0.2) is 26.2 Å². The average Bonchev–Trinajstić information content (AvgIpc) is 2.51. The second kappa shape index (κ2) is 10.2. The number of hydrogen-bond donors (Lipinski definition) is 1. The lowest BCUT2D eigenvalue weighted by atomic mass is 10.1. The van der Waals surface area contributed by atoms with Gasteiger partial charge < -0.3 is 14.8 Å². The molecular formula is C17H27NO3. The summed E-state index contributed by atoms with van der Waals surface area (Å²) in [4.78, 5) is 11.2. The summed E-state index contributed by atoms with van der Waals surface area (Å²) >= 11 is 0. The van der Waals surface area contributed by atoms with Crippen molar-refractivity contribution in [2.75, 3.05) is 20.3 Å². The molecule has 0 saturated heterocycles. The summed E-state index contributed by atoms with van der Waals surface area (Å²) in [6.45, 7) is 5.42. The maximum Gasteiger partial charge on any atom is 0.305 e. The second-order valence-electron chi connectivity index (χ2n) is 5.06. The zero-order chi connectivity index (χ0) is 15.5. The third kappa shape index (κ3) is 7.14. The van der Waals surface area contributed by atoms with Gasteiger partial charge in [0.25, 0.3) is 0 Å². The van der Waals surface area contributed by atoms with Crippen LogP contribution in [0.5, 0.6) is 5.75 Å². The maximum absolute atomic E-state index is 11.2. The Morgan fingerprint density at radius 1 is 1.19 bits per heavy atom. The topological polar surface area (TPSA) is 47.6 Å². The van der Waals surface area contributed by atoms with Gasteiger partial charge in [-0.2, -0.15) is 0 Å². The van der Waals surface area contributed by atoms with Gasteiger partial charge in [0.15, 0.2) is 0 Å². The van der Waals surface area contributed by atoms with Gasteiger partial charge in [-0.05, 0) is 50.9 Å². The summed E-state index contributed by atoms with van der Waals surface area (Å²) in [5, 5.41) is 3.49. The van der Waals surface area contributed by atoms with E-state index in [1.165, 1.54) is 5.56 Å². The highest BCUT2D eigenvalue weighted by Gasteiger charge is 2.05. The van der Waals surface area contributed by atoms with Gasteiger partial charge in [0.05, 0.1) is 13.7 Å². The molecule has 0 aromatic heterocycles. The van der Waals surface area contributed by atoms with E-state index in [-0.39, 0.29) is 5.97 Å². The maximum atomic E-state index is 11.2. The molecule has 1 atom stereocenters. The molecule has 118 valence electrons. The normalized spacial score (nSPS) is 12.0.